The molecular weight excluding hydrogens is 271 g/mol. The minimum atomic E-state index is -0.712. The predicted octanol–water partition coefficient (Wildman–Crippen LogP) is 1.60. The number of esters is 1. The van der Waals surface area contributed by atoms with Gasteiger partial charge in [0.25, 0.3) is 0 Å². The Morgan fingerprint density at radius 2 is 1.95 bits per heavy atom. The number of halogens is 1. The lowest BCUT2D eigenvalue weighted by Gasteiger charge is -2.41. The van der Waals surface area contributed by atoms with Gasteiger partial charge in [-0.1, -0.05) is 12.1 Å². The second kappa shape index (κ2) is 7.00. The molecule has 0 aromatic heterocycles. The van der Waals surface area contributed by atoms with Crippen molar-refractivity contribution in [2.45, 2.75) is 25.8 Å². The number of piperazine rings is 1. The molecule has 1 N–H and O–H groups in total. The highest BCUT2D eigenvalue weighted by molar-refractivity contribution is 5.81. The quantitative estimate of drug-likeness (QED) is 0.838. The zero-order valence-corrected chi connectivity index (χ0v) is 12.7. The molecule has 1 unspecified atom stereocenters. The Balaban J connectivity index is 2.21. The Hall–Kier alpha value is -1.46. The van der Waals surface area contributed by atoms with Crippen LogP contribution in [0.15, 0.2) is 24.3 Å². The number of ether oxygens (including phenoxy) is 1. The first kappa shape index (κ1) is 15.9. The lowest BCUT2D eigenvalue weighted by Crippen LogP contribution is -2.60. The Morgan fingerprint density at radius 1 is 1.33 bits per heavy atom. The highest BCUT2D eigenvalue weighted by atomic mass is 19.1. The lowest BCUT2D eigenvalue weighted by molar-refractivity contribution is -0.157. The molecule has 0 bridgehead atoms. The Kier molecular flexibility index (Phi) is 5.31. The molecule has 5 heteroatoms. The Bertz CT molecular complexity index is 472. The summed E-state index contributed by atoms with van der Waals surface area (Å²) in [5, 5.41) is 3.29. The molecule has 0 radical (unpaired) electrons. The summed E-state index contributed by atoms with van der Waals surface area (Å²) in [6, 6.07) is 6.32. The van der Waals surface area contributed by atoms with Gasteiger partial charge in [0.15, 0.2) is 0 Å². The van der Waals surface area contributed by atoms with Gasteiger partial charge in [-0.3, -0.25) is 9.69 Å². The summed E-state index contributed by atoms with van der Waals surface area (Å²) in [5.41, 5.74) is 0.223. The summed E-state index contributed by atoms with van der Waals surface area (Å²) in [6.45, 7) is 7.42. The molecule has 1 saturated heterocycles. The van der Waals surface area contributed by atoms with Gasteiger partial charge in [-0.2, -0.15) is 0 Å². The van der Waals surface area contributed by atoms with Crippen molar-refractivity contribution < 1.29 is 13.9 Å². The molecule has 21 heavy (non-hydrogen) atoms. The van der Waals surface area contributed by atoms with Gasteiger partial charge < -0.3 is 10.1 Å². The molecule has 116 valence electrons. The first-order valence-corrected chi connectivity index (χ1v) is 7.43. The van der Waals surface area contributed by atoms with Crippen molar-refractivity contribution in [3.05, 3.63) is 35.6 Å². The minimum Gasteiger partial charge on any atom is -0.465 e. The number of hydrogen-bond donors (Lipinski definition) is 1. The van der Waals surface area contributed by atoms with E-state index in [2.05, 4.69) is 10.2 Å². The zero-order chi connectivity index (χ0) is 15.3. The summed E-state index contributed by atoms with van der Waals surface area (Å²) < 4.78 is 18.3. The molecule has 1 aromatic rings. The van der Waals surface area contributed by atoms with Gasteiger partial charge >= 0.3 is 5.97 Å². The van der Waals surface area contributed by atoms with Crippen molar-refractivity contribution >= 4 is 5.97 Å². The maximum atomic E-state index is 13.0. The van der Waals surface area contributed by atoms with Crippen molar-refractivity contribution in [1.82, 2.24) is 10.2 Å². The summed E-state index contributed by atoms with van der Waals surface area (Å²) >= 11 is 0. The van der Waals surface area contributed by atoms with E-state index in [0.29, 0.717) is 13.0 Å². The van der Waals surface area contributed by atoms with Crippen LogP contribution in [-0.2, 0) is 16.0 Å². The number of carbonyl (C=O) groups is 1. The van der Waals surface area contributed by atoms with Crippen LogP contribution < -0.4 is 5.32 Å². The molecule has 0 aliphatic carbocycles. The van der Waals surface area contributed by atoms with Gasteiger partial charge in [-0.15, -0.1) is 0 Å². The zero-order valence-electron chi connectivity index (χ0n) is 12.7. The molecule has 1 heterocycles. The molecule has 1 atom stereocenters. The molecule has 4 nitrogen and oxygen atoms in total. The molecular formula is C16H23FN2O2. The van der Waals surface area contributed by atoms with Crippen LogP contribution in [0.25, 0.3) is 0 Å². The third-order valence-electron chi connectivity index (χ3n) is 3.99. The molecule has 0 spiro atoms. The first-order chi connectivity index (χ1) is 10.1. The fourth-order valence-electron chi connectivity index (χ4n) is 2.76. The van der Waals surface area contributed by atoms with E-state index < -0.39 is 5.54 Å². The smallest absolute Gasteiger partial charge is 0.326 e. The van der Waals surface area contributed by atoms with Gasteiger partial charge in [0.2, 0.25) is 0 Å². The van der Waals surface area contributed by atoms with Crippen LogP contribution in [0.2, 0.25) is 0 Å². The predicted molar refractivity (Wildman–Crippen MR) is 79.6 cm³/mol. The summed E-state index contributed by atoms with van der Waals surface area (Å²) in [5.74, 6) is -0.477. The van der Waals surface area contributed by atoms with Gasteiger partial charge in [0, 0.05) is 32.6 Å². The summed E-state index contributed by atoms with van der Waals surface area (Å²) in [6.07, 6.45) is 0.520. The molecule has 2 rings (SSSR count). The Morgan fingerprint density at radius 3 is 2.52 bits per heavy atom. The van der Waals surface area contributed by atoms with Crippen molar-refractivity contribution in [3.8, 4) is 0 Å². The highest BCUT2D eigenvalue weighted by Gasteiger charge is 2.41. The monoisotopic (exact) mass is 294 g/mol. The average Bonchev–Trinajstić information content (AvgIpc) is 2.50. The van der Waals surface area contributed by atoms with E-state index >= 15 is 0 Å². The van der Waals surface area contributed by atoms with Crippen molar-refractivity contribution in [2.24, 2.45) is 0 Å². The molecule has 0 amide bonds. The topological polar surface area (TPSA) is 41.6 Å². The maximum absolute atomic E-state index is 13.0. The maximum Gasteiger partial charge on any atom is 0.326 e. The fraction of sp³-hybridized carbons (Fsp3) is 0.562. The summed E-state index contributed by atoms with van der Waals surface area (Å²) in [4.78, 5) is 14.6. The van der Waals surface area contributed by atoms with Gasteiger partial charge in [0.1, 0.15) is 11.4 Å². The van der Waals surface area contributed by atoms with Gasteiger partial charge in [0.05, 0.1) is 6.61 Å². The van der Waals surface area contributed by atoms with E-state index in [1.807, 2.05) is 13.8 Å². The second-order valence-corrected chi connectivity index (χ2v) is 5.53. The van der Waals surface area contributed by atoms with Crippen LogP contribution >= 0.6 is 0 Å². The van der Waals surface area contributed by atoms with Crippen molar-refractivity contribution in [2.75, 3.05) is 32.8 Å². The number of nitrogens with zero attached hydrogens (tertiary/aromatic N) is 1. The number of hydrogen-bond acceptors (Lipinski definition) is 4. The van der Waals surface area contributed by atoms with Crippen LogP contribution in [-0.4, -0.2) is 49.2 Å². The van der Waals surface area contributed by atoms with E-state index in [1.165, 1.54) is 12.1 Å². The Labute approximate surface area is 125 Å². The fourth-order valence-corrected chi connectivity index (χ4v) is 2.76. The van der Waals surface area contributed by atoms with E-state index in [0.717, 1.165) is 31.7 Å². The largest absolute Gasteiger partial charge is 0.465 e. The van der Waals surface area contributed by atoms with Crippen LogP contribution in [0.1, 0.15) is 19.4 Å². The van der Waals surface area contributed by atoms with Crippen LogP contribution in [0.4, 0.5) is 4.39 Å². The number of nitrogens with one attached hydrogen (secondary N) is 1. The van der Waals surface area contributed by atoms with Crippen molar-refractivity contribution in [3.63, 3.8) is 0 Å². The van der Waals surface area contributed by atoms with Crippen LogP contribution in [0.5, 0.6) is 0 Å². The third kappa shape index (κ3) is 3.80. The third-order valence-corrected chi connectivity index (χ3v) is 3.99. The van der Waals surface area contributed by atoms with E-state index in [9.17, 15) is 9.18 Å². The molecule has 1 aromatic carbocycles. The van der Waals surface area contributed by atoms with Gasteiger partial charge in [-0.05, 0) is 31.5 Å². The standard InChI is InChI=1S/C16H23FN2O2/c1-3-21-15(20)16(2,19-10-8-18-9-11-19)12-13-4-6-14(17)7-5-13/h4-7,18H,3,8-12H2,1-2H3. The van der Waals surface area contributed by atoms with E-state index in [1.54, 1.807) is 12.1 Å². The highest BCUT2D eigenvalue weighted by Crippen LogP contribution is 2.23. The first-order valence-electron chi connectivity index (χ1n) is 7.43. The molecule has 1 fully saturated rings. The SMILES string of the molecule is CCOC(=O)C(C)(Cc1ccc(F)cc1)N1CCNCC1. The van der Waals surface area contributed by atoms with Crippen molar-refractivity contribution in [1.29, 1.82) is 0 Å². The van der Waals surface area contributed by atoms with Crippen LogP contribution in [0.3, 0.4) is 0 Å². The second-order valence-electron chi connectivity index (χ2n) is 5.53. The summed E-state index contributed by atoms with van der Waals surface area (Å²) in [7, 11) is 0. The van der Waals surface area contributed by atoms with E-state index in [-0.39, 0.29) is 11.8 Å². The number of benzene rings is 1. The molecule has 0 saturated carbocycles. The minimum absolute atomic E-state index is 0.212. The van der Waals surface area contributed by atoms with Gasteiger partial charge in [-0.25, -0.2) is 4.39 Å². The average molecular weight is 294 g/mol. The molecule has 1 aliphatic heterocycles. The van der Waals surface area contributed by atoms with E-state index in [4.69, 9.17) is 4.74 Å². The normalized spacial score (nSPS) is 19.0. The van der Waals surface area contributed by atoms with Crippen LogP contribution in [0, 0.1) is 5.82 Å². The number of rotatable bonds is 5. The number of carbonyl (C=O) groups excluding carboxylic acids is 1. The molecule has 1 aliphatic rings. The lowest BCUT2D eigenvalue weighted by atomic mass is 9.90.